The van der Waals surface area contributed by atoms with Gasteiger partial charge in [0, 0.05) is 5.56 Å². The minimum Gasteiger partial charge on any atom is -0.486 e. The third kappa shape index (κ3) is 2.77. The van der Waals surface area contributed by atoms with Crippen molar-refractivity contribution in [1.82, 2.24) is 10.2 Å². The molecule has 1 saturated heterocycles. The van der Waals surface area contributed by atoms with Crippen LogP contribution in [0.1, 0.15) is 18.1 Å². The van der Waals surface area contributed by atoms with Crippen LogP contribution in [0, 0.1) is 11.6 Å². The third-order valence-electron chi connectivity index (χ3n) is 4.75. The second-order valence-corrected chi connectivity index (χ2v) is 6.52. The zero-order valence-electron chi connectivity index (χ0n) is 14.4. The molecule has 140 valence electrons. The standard InChI is InChI=1S/C19H16F2N2O4/c1-19(12-5-6-14-15(9-12)27-8-7-26-14)17(24)23(18(25)22-19)10-11-3-2-4-13(20)16(11)21/h2-6,9H,7-8,10H2,1H3,(H,22,25). The Kier molecular flexibility index (Phi) is 3.98. The molecule has 1 fully saturated rings. The van der Waals surface area contributed by atoms with Gasteiger partial charge in [0.1, 0.15) is 18.8 Å². The summed E-state index contributed by atoms with van der Waals surface area (Å²) in [5.41, 5.74) is -0.922. The summed E-state index contributed by atoms with van der Waals surface area (Å²) in [6.45, 7) is 2.01. The molecule has 3 amide bonds. The molecule has 1 N–H and O–H groups in total. The number of urea groups is 1. The molecule has 2 aliphatic rings. The van der Waals surface area contributed by atoms with Crippen LogP contribution >= 0.6 is 0 Å². The van der Waals surface area contributed by atoms with Gasteiger partial charge in [-0.3, -0.25) is 9.69 Å². The lowest BCUT2D eigenvalue weighted by molar-refractivity contribution is -0.131. The Balaban J connectivity index is 1.64. The van der Waals surface area contributed by atoms with Crippen molar-refractivity contribution in [2.24, 2.45) is 0 Å². The fourth-order valence-electron chi connectivity index (χ4n) is 3.23. The zero-order valence-corrected chi connectivity index (χ0v) is 14.4. The summed E-state index contributed by atoms with van der Waals surface area (Å²) in [5, 5.41) is 2.63. The van der Waals surface area contributed by atoms with E-state index in [0.29, 0.717) is 30.3 Å². The second-order valence-electron chi connectivity index (χ2n) is 6.52. The summed E-state index contributed by atoms with van der Waals surface area (Å²) in [6.07, 6.45) is 0. The van der Waals surface area contributed by atoms with Crippen LogP contribution in [0.2, 0.25) is 0 Å². The number of ether oxygens (including phenoxy) is 2. The Morgan fingerprint density at radius 3 is 2.63 bits per heavy atom. The van der Waals surface area contributed by atoms with Gasteiger partial charge in [-0.2, -0.15) is 0 Å². The van der Waals surface area contributed by atoms with E-state index in [1.165, 1.54) is 12.1 Å². The van der Waals surface area contributed by atoms with Gasteiger partial charge in [-0.1, -0.05) is 18.2 Å². The molecule has 2 aromatic rings. The van der Waals surface area contributed by atoms with Gasteiger partial charge in [0.15, 0.2) is 23.1 Å². The number of nitrogens with zero attached hydrogens (tertiary/aromatic N) is 1. The Labute approximate surface area is 153 Å². The quantitative estimate of drug-likeness (QED) is 0.839. The molecule has 8 heteroatoms. The number of imide groups is 1. The van der Waals surface area contributed by atoms with Crippen molar-refractivity contribution in [3.63, 3.8) is 0 Å². The summed E-state index contributed by atoms with van der Waals surface area (Å²) in [6, 6.07) is 7.93. The molecule has 2 aromatic carbocycles. The van der Waals surface area contributed by atoms with Gasteiger partial charge in [-0.15, -0.1) is 0 Å². The summed E-state index contributed by atoms with van der Waals surface area (Å²) >= 11 is 0. The number of hydrogen-bond donors (Lipinski definition) is 1. The lowest BCUT2D eigenvalue weighted by Crippen LogP contribution is -2.41. The summed E-state index contributed by atoms with van der Waals surface area (Å²) in [7, 11) is 0. The predicted molar refractivity (Wildman–Crippen MR) is 90.2 cm³/mol. The van der Waals surface area contributed by atoms with Gasteiger partial charge in [-0.25, -0.2) is 13.6 Å². The molecule has 4 rings (SSSR count). The van der Waals surface area contributed by atoms with Crippen LogP contribution in [-0.2, 0) is 16.9 Å². The van der Waals surface area contributed by atoms with E-state index in [4.69, 9.17) is 9.47 Å². The molecule has 2 aliphatic heterocycles. The van der Waals surface area contributed by atoms with E-state index in [0.717, 1.165) is 11.0 Å². The molecular formula is C19H16F2N2O4. The fourth-order valence-corrected chi connectivity index (χ4v) is 3.23. The summed E-state index contributed by atoms with van der Waals surface area (Å²) in [5.74, 6) is -1.63. The highest BCUT2D eigenvalue weighted by Crippen LogP contribution is 2.37. The average molecular weight is 374 g/mol. The van der Waals surface area contributed by atoms with Crippen LogP contribution in [0.15, 0.2) is 36.4 Å². The summed E-state index contributed by atoms with van der Waals surface area (Å²) < 4.78 is 38.3. The van der Waals surface area contributed by atoms with E-state index in [1.807, 2.05) is 0 Å². The number of carbonyl (C=O) groups excluding carboxylic acids is 2. The maximum Gasteiger partial charge on any atom is 0.325 e. The zero-order chi connectivity index (χ0) is 19.2. The van der Waals surface area contributed by atoms with Crippen molar-refractivity contribution in [1.29, 1.82) is 0 Å². The molecule has 27 heavy (non-hydrogen) atoms. The van der Waals surface area contributed by atoms with E-state index in [-0.39, 0.29) is 12.1 Å². The topological polar surface area (TPSA) is 67.9 Å². The molecular weight excluding hydrogens is 358 g/mol. The highest BCUT2D eigenvalue weighted by molar-refractivity contribution is 6.07. The Morgan fingerprint density at radius 1 is 1.11 bits per heavy atom. The van der Waals surface area contributed by atoms with Crippen LogP contribution in [0.5, 0.6) is 11.5 Å². The normalized spacial score (nSPS) is 21.4. The molecule has 0 bridgehead atoms. The largest absolute Gasteiger partial charge is 0.486 e. The maximum absolute atomic E-state index is 13.9. The lowest BCUT2D eigenvalue weighted by atomic mass is 9.91. The first-order valence-electron chi connectivity index (χ1n) is 8.37. The Bertz CT molecular complexity index is 949. The minimum atomic E-state index is -1.35. The van der Waals surface area contributed by atoms with Crippen molar-refractivity contribution >= 4 is 11.9 Å². The fraction of sp³-hybridized carbons (Fsp3) is 0.263. The molecule has 0 radical (unpaired) electrons. The van der Waals surface area contributed by atoms with Gasteiger partial charge in [-0.05, 0) is 30.7 Å². The number of halogens is 2. The van der Waals surface area contributed by atoms with E-state index in [9.17, 15) is 18.4 Å². The number of carbonyl (C=O) groups is 2. The van der Waals surface area contributed by atoms with Crippen LogP contribution in [0.25, 0.3) is 0 Å². The van der Waals surface area contributed by atoms with E-state index in [1.54, 1.807) is 25.1 Å². The summed E-state index contributed by atoms with van der Waals surface area (Å²) in [4.78, 5) is 26.2. The van der Waals surface area contributed by atoms with Crippen LogP contribution < -0.4 is 14.8 Å². The predicted octanol–water partition coefficient (Wildman–Crippen LogP) is 2.70. The van der Waals surface area contributed by atoms with Crippen molar-refractivity contribution in [3.05, 3.63) is 59.2 Å². The van der Waals surface area contributed by atoms with Crippen molar-refractivity contribution in [3.8, 4) is 11.5 Å². The second kappa shape index (κ2) is 6.22. The molecule has 2 heterocycles. The Hall–Kier alpha value is -3.16. The highest BCUT2D eigenvalue weighted by Gasteiger charge is 2.49. The van der Waals surface area contributed by atoms with Gasteiger partial charge in [0.05, 0.1) is 6.54 Å². The smallest absolute Gasteiger partial charge is 0.325 e. The molecule has 0 spiro atoms. The van der Waals surface area contributed by atoms with E-state index < -0.39 is 29.1 Å². The van der Waals surface area contributed by atoms with E-state index in [2.05, 4.69) is 5.32 Å². The van der Waals surface area contributed by atoms with Crippen molar-refractivity contribution in [2.75, 3.05) is 13.2 Å². The SMILES string of the molecule is CC1(c2ccc3c(c2)OCCO3)NC(=O)N(Cc2cccc(F)c2F)C1=O. The van der Waals surface area contributed by atoms with Gasteiger partial charge >= 0.3 is 6.03 Å². The third-order valence-corrected chi connectivity index (χ3v) is 4.75. The van der Waals surface area contributed by atoms with Gasteiger partial charge < -0.3 is 14.8 Å². The average Bonchev–Trinajstić information content (AvgIpc) is 2.89. The Morgan fingerprint density at radius 2 is 1.85 bits per heavy atom. The number of nitrogens with one attached hydrogen (secondary N) is 1. The van der Waals surface area contributed by atoms with Crippen LogP contribution in [0.3, 0.4) is 0 Å². The van der Waals surface area contributed by atoms with Gasteiger partial charge in [0.2, 0.25) is 0 Å². The van der Waals surface area contributed by atoms with Crippen molar-refractivity contribution < 1.29 is 27.8 Å². The molecule has 6 nitrogen and oxygen atoms in total. The maximum atomic E-state index is 13.9. The minimum absolute atomic E-state index is 0.0788. The number of benzene rings is 2. The molecule has 0 aromatic heterocycles. The molecule has 0 aliphatic carbocycles. The highest BCUT2D eigenvalue weighted by atomic mass is 19.2. The first kappa shape index (κ1) is 17.3. The molecule has 1 atom stereocenters. The first-order valence-corrected chi connectivity index (χ1v) is 8.37. The first-order chi connectivity index (χ1) is 12.9. The van der Waals surface area contributed by atoms with Crippen molar-refractivity contribution in [2.45, 2.75) is 19.0 Å². The monoisotopic (exact) mass is 374 g/mol. The lowest BCUT2D eigenvalue weighted by Gasteiger charge is -2.25. The number of fused-ring (bicyclic) bond motifs is 1. The van der Waals surface area contributed by atoms with Gasteiger partial charge in [0.25, 0.3) is 5.91 Å². The van der Waals surface area contributed by atoms with Crippen LogP contribution in [-0.4, -0.2) is 30.1 Å². The molecule has 1 unspecified atom stereocenters. The number of hydrogen-bond acceptors (Lipinski definition) is 4. The number of rotatable bonds is 3. The number of amides is 3. The van der Waals surface area contributed by atoms with E-state index >= 15 is 0 Å². The van der Waals surface area contributed by atoms with Crippen LogP contribution in [0.4, 0.5) is 13.6 Å². The molecule has 0 saturated carbocycles.